The van der Waals surface area contributed by atoms with Crippen molar-refractivity contribution in [3.63, 3.8) is 0 Å². The van der Waals surface area contributed by atoms with Crippen molar-refractivity contribution in [2.75, 3.05) is 13.1 Å². The van der Waals surface area contributed by atoms with Crippen LogP contribution in [-0.2, 0) is 0 Å². The summed E-state index contributed by atoms with van der Waals surface area (Å²) in [7, 11) is 0. The van der Waals surface area contributed by atoms with E-state index in [1.165, 1.54) is 12.1 Å². The lowest BCUT2D eigenvalue weighted by Gasteiger charge is -2.16. The molecule has 1 aliphatic heterocycles. The zero-order chi connectivity index (χ0) is 11.5. The molecule has 2 rings (SSSR count). The fourth-order valence-electron chi connectivity index (χ4n) is 1.78. The van der Waals surface area contributed by atoms with Gasteiger partial charge < -0.3 is 5.32 Å². The quantitative estimate of drug-likeness (QED) is 0.821. The Morgan fingerprint density at radius 2 is 1.88 bits per heavy atom. The fourth-order valence-corrected chi connectivity index (χ4v) is 1.90. The highest BCUT2D eigenvalue weighted by molar-refractivity contribution is 6.30. The van der Waals surface area contributed by atoms with Crippen LogP contribution in [0.5, 0.6) is 0 Å². The van der Waals surface area contributed by atoms with Crippen molar-refractivity contribution in [2.24, 2.45) is 0 Å². The van der Waals surface area contributed by atoms with Gasteiger partial charge in [-0.3, -0.25) is 0 Å². The second-order valence-electron chi connectivity index (χ2n) is 3.80. The van der Waals surface area contributed by atoms with Gasteiger partial charge in [0.05, 0.1) is 5.02 Å². The molecule has 0 atom stereocenters. The molecule has 1 fully saturated rings. The van der Waals surface area contributed by atoms with Crippen LogP contribution in [0.25, 0.3) is 5.83 Å². The van der Waals surface area contributed by atoms with Crippen molar-refractivity contribution in [1.29, 1.82) is 0 Å². The third-order valence-electron chi connectivity index (χ3n) is 2.69. The molecule has 0 aliphatic carbocycles. The number of nitrogens with one attached hydrogen (secondary N) is 1. The molecule has 0 amide bonds. The summed E-state index contributed by atoms with van der Waals surface area (Å²) < 4.78 is 27.1. The zero-order valence-electron chi connectivity index (χ0n) is 9.10. The first-order chi connectivity index (χ1) is 7.68. The number of benzene rings is 1. The molecule has 0 unspecified atom stereocenters. The summed E-state index contributed by atoms with van der Waals surface area (Å²) in [6.07, 6.45) is 1.35. The van der Waals surface area contributed by atoms with E-state index in [1.54, 1.807) is 0 Å². The Hall–Kier alpha value is -0.640. The molecule has 1 aliphatic rings. The fraction of sp³-hybridized carbons (Fsp3) is 0.333. The van der Waals surface area contributed by atoms with Crippen LogP contribution < -0.4 is 5.32 Å². The second-order valence-corrected chi connectivity index (χ2v) is 4.20. The van der Waals surface area contributed by atoms with Crippen LogP contribution in [0.15, 0.2) is 23.8 Å². The molecule has 1 nitrogen and oxygen atoms in total. The van der Waals surface area contributed by atoms with E-state index in [0.717, 1.165) is 24.7 Å². The zero-order valence-corrected chi connectivity index (χ0v) is 10.7. The van der Waals surface area contributed by atoms with Gasteiger partial charge in [-0.25, -0.2) is 8.78 Å². The summed E-state index contributed by atoms with van der Waals surface area (Å²) in [5, 5.41) is 3.17. The maximum Gasteiger partial charge on any atom is 0.142 e. The van der Waals surface area contributed by atoms with Crippen molar-refractivity contribution < 1.29 is 8.78 Å². The molecule has 0 radical (unpaired) electrons. The average molecular weight is 280 g/mol. The first-order valence-electron chi connectivity index (χ1n) is 5.22. The molecule has 0 saturated carbocycles. The van der Waals surface area contributed by atoms with E-state index in [2.05, 4.69) is 5.32 Å². The van der Waals surface area contributed by atoms with E-state index in [-0.39, 0.29) is 28.8 Å². The highest BCUT2D eigenvalue weighted by Gasteiger charge is 2.13. The van der Waals surface area contributed by atoms with Gasteiger partial charge in [-0.2, -0.15) is 0 Å². The van der Waals surface area contributed by atoms with Crippen LogP contribution >= 0.6 is 24.0 Å². The maximum absolute atomic E-state index is 14.0. The minimum atomic E-state index is -0.580. The second kappa shape index (κ2) is 6.34. The van der Waals surface area contributed by atoms with Crippen LogP contribution in [0.1, 0.15) is 18.4 Å². The molecule has 0 aromatic heterocycles. The molecule has 0 bridgehead atoms. The third-order valence-corrected chi connectivity index (χ3v) is 3.00. The van der Waals surface area contributed by atoms with Crippen LogP contribution in [0.4, 0.5) is 8.78 Å². The van der Waals surface area contributed by atoms with E-state index in [1.807, 2.05) is 0 Å². The van der Waals surface area contributed by atoms with Crippen LogP contribution in [0.3, 0.4) is 0 Å². The van der Waals surface area contributed by atoms with Crippen LogP contribution in [0, 0.1) is 5.82 Å². The summed E-state index contributed by atoms with van der Waals surface area (Å²) >= 11 is 5.55. The van der Waals surface area contributed by atoms with E-state index in [4.69, 9.17) is 11.6 Å². The van der Waals surface area contributed by atoms with Crippen molar-refractivity contribution >= 4 is 29.8 Å². The van der Waals surface area contributed by atoms with Crippen molar-refractivity contribution in [1.82, 2.24) is 5.32 Å². The van der Waals surface area contributed by atoms with Gasteiger partial charge >= 0.3 is 0 Å². The summed E-state index contributed by atoms with van der Waals surface area (Å²) in [5.74, 6) is -0.888. The SMILES string of the molecule is Cl.FC(=C1CCNCC1)c1ccc(Cl)c(F)c1. The standard InChI is InChI=1S/C12H12ClF2N.ClH/c13-10-2-1-9(7-11(10)14)12(15)8-3-5-16-6-4-8;/h1-2,7,16H,3-6H2;1H. The molecule has 0 spiro atoms. The van der Waals surface area contributed by atoms with Gasteiger partial charge in [0, 0.05) is 5.56 Å². The molecule has 17 heavy (non-hydrogen) atoms. The summed E-state index contributed by atoms with van der Waals surface area (Å²) in [6.45, 7) is 1.55. The summed E-state index contributed by atoms with van der Waals surface area (Å²) in [6, 6.07) is 4.04. The van der Waals surface area contributed by atoms with Crippen LogP contribution in [0.2, 0.25) is 5.02 Å². The Bertz CT molecular complexity index is 425. The molecule has 1 aromatic carbocycles. The van der Waals surface area contributed by atoms with E-state index in [9.17, 15) is 8.78 Å². The van der Waals surface area contributed by atoms with Gasteiger partial charge in [0.2, 0.25) is 0 Å². The predicted molar refractivity (Wildman–Crippen MR) is 68.8 cm³/mol. The van der Waals surface area contributed by atoms with Gasteiger partial charge in [0.1, 0.15) is 11.6 Å². The molecular formula is C12H13Cl2F2N. The van der Waals surface area contributed by atoms with Gasteiger partial charge in [0.15, 0.2) is 0 Å². The largest absolute Gasteiger partial charge is 0.316 e. The predicted octanol–water partition coefficient (Wildman–Crippen LogP) is 3.96. The Balaban J connectivity index is 0.00000144. The Labute approximate surface area is 110 Å². The molecular weight excluding hydrogens is 267 g/mol. The smallest absolute Gasteiger partial charge is 0.142 e. The number of rotatable bonds is 1. The first-order valence-corrected chi connectivity index (χ1v) is 5.60. The molecule has 1 saturated heterocycles. The van der Waals surface area contributed by atoms with Crippen LogP contribution in [-0.4, -0.2) is 13.1 Å². The Morgan fingerprint density at radius 3 is 2.47 bits per heavy atom. The van der Waals surface area contributed by atoms with Crippen molar-refractivity contribution in [3.05, 3.63) is 40.2 Å². The van der Waals surface area contributed by atoms with E-state index in [0.29, 0.717) is 12.8 Å². The van der Waals surface area contributed by atoms with Gasteiger partial charge in [-0.1, -0.05) is 17.7 Å². The van der Waals surface area contributed by atoms with Gasteiger partial charge in [-0.05, 0) is 43.6 Å². The minimum absolute atomic E-state index is 0. The molecule has 5 heteroatoms. The maximum atomic E-state index is 14.0. The average Bonchev–Trinajstić information content (AvgIpc) is 2.33. The lowest BCUT2D eigenvalue weighted by Crippen LogP contribution is -2.23. The summed E-state index contributed by atoms with van der Waals surface area (Å²) in [4.78, 5) is 0. The topological polar surface area (TPSA) is 12.0 Å². The Morgan fingerprint density at radius 1 is 1.24 bits per heavy atom. The highest BCUT2D eigenvalue weighted by Crippen LogP contribution is 2.27. The Kier molecular flexibility index (Phi) is 5.37. The molecule has 1 aromatic rings. The van der Waals surface area contributed by atoms with Crippen molar-refractivity contribution in [3.8, 4) is 0 Å². The van der Waals surface area contributed by atoms with E-state index < -0.39 is 5.82 Å². The molecule has 1 heterocycles. The number of hydrogen-bond acceptors (Lipinski definition) is 1. The highest BCUT2D eigenvalue weighted by atomic mass is 35.5. The molecule has 94 valence electrons. The normalized spacial score (nSPS) is 15.4. The van der Waals surface area contributed by atoms with Gasteiger partial charge in [-0.15, -0.1) is 12.4 Å². The van der Waals surface area contributed by atoms with E-state index >= 15 is 0 Å². The summed E-state index contributed by atoms with van der Waals surface area (Å²) in [5.41, 5.74) is 1.03. The van der Waals surface area contributed by atoms with Crippen molar-refractivity contribution in [2.45, 2.75) is 12.8 Å². The third kappa shape index (κ3) is 3.41. The molecule has 1 N–H and O–H groups in total. The minimum Gasteiger partial charge on any atom is -0.316 e. The lowest BCUT2D eigenvalue weighted by atomic mass is 10.0. The number of piperidine rings is 1. The van der Waals surface area contributed by atoms with Gasteiger partial charge in [0.25, 0.3) is 0 Å². The number of hydrogen-bond donors (Lipinski definition) is 1. The monoisotopic (exact) mass is 279 g/mol. The first kappa shape index (κ1) is 14.4. The number of halogens is 4. The lowest BCUT2D eigenvalue weighted by molar-refractivity contribution is 0.594.